The molecular weight excluding hydrogens is 202 g/mol. The fraction of sp³-hybridized carbons (Fsp3) is 0.308. The highest BCUT2D eigenvalue weighted by Crippen LogP contribution is 2.24. The van der Waals surface area contributed by atoms with Crippen molar-refractivity contribution in [2.45, 2.75) is 25.9 Å². The molecule has 0 bridgehead atoms. The van der Waals surface area contributed by atoms with Gasteiger partial charge in [-0.1, -0.05) is 31.2 Å². The largest absolute Gasteiger partial charge is 0.451 e. The van der Waals surface area contributed by atoms with Crippen LogP contribution in [0, 0.1) is 0 Å². The van der Waals surface area contributed by atoms with Gasteiger partial charge in [-0.2, -0.15) is 0 Å². The maximum absolute atomic E-state index is 9.53. The van der Waals surface area contributed by atoms with E-state index in [1.165, 1.54) is 6.39 Å². The molecule has 0 fully saturated rings. The predicted octanol–water partition coefficient (Wildman–Crippen LogP) is 2.88. The summed E-state index contributed by atoms with van der Waals surface area (Å²) in [6.07, 6.45) is 2.65. The minimum absolute atomic E-state index is 0.178. The van der Waals surface area contributed by atoms with E-state index < -0.39 is 6.10 Å². The van der Waals surface area contributed by atoms with E-state index in [-0.39, 0.29) is 5.92 Å². The van der Waals surface area contributed by atoms with Gasteiger partial charge in [0.15, 0.2) is 6.39 Å². The quantitative estimate of drug-likeness (QED) is 0.859. The standard InChI is InChI=1S/C13H15NO2/c1-9(13-7-16-8-14-13)11-4-3-5-12(6-11)10(2)15/h3-10,15H,1-2H3. The van der Waals surface area contributed by atoms with Gasteiger partial charge in [0.2, 0.25) is 0 Å². The van der Waals surface area contributed by atoms with Crippen LogP contribution in [0.25, 0.3) is 0 Å². The number of nitrogens with zero attached hydrogens (tertiary/aromatic N) is 1. The molecule has 0 amide bonds. The summed E-state index contributed by atoms with van der Waals surface area (Å²) < 4.78 is 4.97. The van der Waals surface area contributed by atoms with Crippen molar-refractivity contribution in [2.24, 2.45) is 0 Å². The van der Waals surface area contributed by atoms with Crippen LogP contribution in [-0.2, 0) is 0 Å². The van der Waals surface area contributed by atoms with Gasteiger partial charge in [-0.3, -0.25) is 0 Å². The van der Waals surface area contributed by atoms with E-state index in [0.29, 0.717) is 0 Å². The molecule has 0 radical (unpaired) electrons. The molecule has 0 aliphatic rings. The number of aliphatic hydroxyl groups excluding tert-OH is 1. The number of benzene rings is 1. The van der Waals surface area contributed by atoms with Crippen LogP contribution in [0.3, 0.4) is 0 Å². The molecule has 1 heterocycles. The van der Waals surface area contributed by atoms with E-state index in [4.69, 9.17) is 4.42 Å². The van der Waals surface area contributed by atoms with E-state index >= 15 is 0 Å². The van der Waals surface area contributed by atoms with E-state index in [9.17, 15) is 5.11 Å². The van der Waals surface area contributed by atoms with Crippen LogP contribution in [0.15, 0.2) is 41.3 Å². The highest BCUT2D eigenvalue weighted by molar-refractivity contribution is 5.31. The minimum atomic E-state index is -0.440. The Hall–Kier alpha value is -1.61. The van der Waals surface area contributed by atoms with Crippen molar-refractivity contribution in [1.82, 2.24) is 4.98 Å². The lowest BCUT2D eigenvalue weighted by Crippen LogP contribution is -1.99. The van der Waals surface area contributed by atoms with Crippen LogP contribution in [0.1, 0.15) is 42.7 Å². The van der Waals surface area contributed by atoms with E-state index in [0.717, 1.165) is 16.8 Å². The number of hydrogen-bond donors (Lipinski definition) is 1. The average Bonchev–Trinajstić information content (AvgIpc) is 2.81. The molecular formula is C13H15NO2. The molecule has 2 aromatic rings. The molecule has 0 aliphatic carbocycles. The zero-order valence-electron chi connectivity index (χ0n) is 9.42. The molecule has 2 atom stereocenters. The van der Waals surface area contributed by atoms with E-state index in [1.54, 1.807) is 13.2 Å². The smallest absolute Gasteiger partial charge is 0.180 e. The van der Waals surface area contributed by atoms with Gasteiger partial charge in [0.25, 0.3) is 0 Å². The third kappa shape index (κ3) is 2.14. The Morgan fingerprint density at radius 1 is 1.25 bits per heavy atom. The zero-order valence-corrected chi connectivity index (χ0v) is 9.42. The van der Waals surface area contributed by atoms with Crippen molar-refractivity contribution in [1.29, 1.82) is 0 Å². The normalized spacial score (nSPS) is 14.7. The third-order valence-corrected chi connectivity index (χ3v) is 2.79. The van der Waals surface area contributed by atoms with Gasteiger partial charge in [0, 0.05) is 5.92 Å². The third-order valence-electron chi connectivity index (χ3n) is 2.79. The lowest BCUT2D eigenvalue weighted by atomic mass is 9.95. The van der Waals surface area contributed by atoms with Crippen LogP contribution in [0.2, 0.25) is 0 Å². The molecule has 16 heavy (non-hydrogen) atoms. The molecule has 0 saturated heterocycles. The van der Waals surface area contributed by atoms with Crippen LogP contribution in [0.5, 0.6) is 0 Å². The first-order valence-electron chi connectivity index (χ1n) is 5.34. The Morgan fingerprint density at radius 2 is 2.00 bits per heavy atom. The molecule has 2 unspecified atom stereocenters. The highest BCUT2D eigenvalue weighted by Gasteiger charge is 2.12. The molecule has 1 aromatic heterocycles. The Balaban J connectivity index is 2.30. The minimum Gasteiger partial charge on any atom is -0.451 e. The molecule has 0 spiro atoms. The van der Waals surface area contributed by atoms with E-state index in [2.05, 4.69) is 11.9 Å². The molecule has 0 aliphatic heterocycles. The molecule has 1 N–H and O–H groups in total. The molecule has 0 saturated carbocycles. The summed E-state index contributed by atoms with van der Waals surface area (Å²) in [6, 6.07) is 7.91. The van der Waals surface area contributed by atoms with Gasteiger partial charge >= 0.3 is 0 Å². The Kier molecular flexibility index (Phi) is 3.06. The van der Waals surface area contributed by atoms with Gasteiger partial charge in [-0.05, 0) is 18.1 Å². The van der Waals surface area contributed by atoms with Crippen molar-refractivity contribution in [3.8, 4) is 0 Å². The number of aliphatic hydroxyl groups is 1. The van der Waals surface area contributed by atoms with Crippen LogP contribution >= 0.6 is 0 Å². The fourth-order valence-corrected chi connectivity index (χ4v) is 1.69. The second-order valence-corrected chi connectivity index (χ2v) is 3.98. The summed E-state index contributed by atoms with van der Waals surface area (Å²) in [7, 11) is 0. The number of hydrogen-bond acceptors (Lipinski definition) is 3. The molecule has 1 aromatic carbocycles. The summed E-state index contributed by atoms with van der Waals surface area (Å²) in [6.45, 7) is 3.83. The monoisotopic (exact) mass is 217 g/mol. The lowest BCUT2D eigenvalue weighted by molar-refractivity contribution is 0.199. The highest BCUT2D eigenvalue weighted by atomic mass is 16.3. The van der Waals surface area contributed by atoms with E-state index in [1.807, 2.05) is 24.3 Å². The number of rotatable bonds is 3. The van der Waals surface area contributed by atoms with Crippen LogP contribution in [0.4, 0.5) is 0 Å². The summed E-state index contributed by atoms with van der Waals surface area (Å²) in [5.74, 6) is 0.178. The average molecular weight is 217 g/mol. The first-order valence-corrected chi connectivity index (χ1v) is 5.34. The molecule has 3 nitrogen and oxygen atoms in total. The Morgan fingerprint density at radius 3 is 2.62 bits per heavy atom. The Labute approximate surface area is 94.8 Å². The molecule has 3 heteroatoms. The van der Waals surface area contributed by atoms with Crippen molar-refractivity contribution in [2.75, 3.05) is 0 Å². The fourth-order valence-electron chi connectivity index (χ4n) is 1.69. The summed E-state index contributed by atoms with van der Waals surface area (Å²) in [5, 5.41) is 9.53. The van der Waals surface area contributed by atoms with Gasteiger partial charge in [-0.25, -0.2) is 4.98 Å². The van der Waals surface area contributed by atoms with Crippen molar-refractivity contribution >= 4 is 0 Å². The lowest BCUT2D eigenvalue weighted by Gasteiger charge is -2.11. The SMILES string of the molecule is CC(O)c1cccc(C(C)c2cocn2)c1. The van der Waals surface area contributed by atoms with Gasteiger partial charge in [0.1, 0.15) is 6.26 Å². The summed E-state index contributed by atoms with van der Waals surface area (Å²) >= 11 is 0. The van der Waals surface area contributed by atoms with Gasteiger partial charge in [-0.15, -0.1) is 0 Å². The van der Waals surface area contributed by atoms with Crippen molar-refractivity contribution in [3.05, 3.63) is 53.7 Å². The Bertz CT molecular complexity index is 449. The summed E-state index contributed by atoms with van der Waals surface area (Å²) in [4.78, 5) is 4.14. The number of aromatic nitrogens is 1. The molecule has 84 valence electrons. The zero-order chi connectivity index (χ0) is 11.5. The first-order chi connectivity index (χ1) is 7.68. The topological polar surface area (TPSA) is 46.3 Å². The van der Waals surface area contributed by atoms with Gasteiger partial charge in [0.05, 0.1) is 11.8 Å². The van der Waals surface area contributed by atoms with Crippen molar-refractivity contribution in [3.63, 3.8) is 0 Å². The van der Waals surface area contributed by atoms with Gasteiger partial charge < -0.3 is 9.52 Å². The number of oxazole rings is 1. The maximum atomic E-state index is 9.53. The summed E-state index contributed by atoms with van der Waals surface area (Å²) in [5.41, 5.74) is 2.96. The second-order valence-electron chi connectivity index (χ2n) is 3.98. The second kappa shape index (κ2) is 4.49. The van der Waals surface area contributed by atoms with Crippen LogP contribution < -0.4 is 0 Å². The van der Waals surface area contributed by atoms with Crippen LogP contribution in [-0.4, -0.2) is 10.1 Å². The predicted molar refractivity (Wildman–Crippen MR) is 61.1 cm³/mol. The maximum Gasteiger partial charge on any atom is 0.180 e. The molecule has 2 rings (SSSR count). The van der Waals surface area contributed by atoms with Crippen molar-refractivity contribution < 1.29 is 9.52 Å². The first kappa shape index (κ1) is 10.9.